The van der Waals surface area contributed by atoms with Gasteiger partial charge in [0.2, 0.25) is 0 Å². The second kappa shape index (κ2) is 6.49. The molecule has 0 aliphatic carbocycles. The molecular weight excluding hydrogens is 317 g/mol. The maximum Gasteiger partial charge on any atom is 0.257 e. The minimum absolute atomic E-state index is 0.207. The number of benzene rings is 2. The molecule has 0 aliphatic rings. The largest absolute Gasteiger partial charge is 0.322 e. The molecular formula is C15H12Cl3NO. The molecule has 1 atom stereocenters. The van der Waals surface area contributed by atoms with Crippen LogP contribution in [-0.4, -0.2) is 5.91 Å². The van der Waals surface area contributed by atoms with Gasteiger partial charge in [-0.3, -0.25) is 4.79 Å². The van der Waals surface area contributed by atoms with Gasteiger partial charge in [-0.05, 0) is 36.8 Å². The average Bonchev–Trinajstić information content (AvgIpc) is 2.41. The molecule has 2 aromatic rings. The summed E-state index contributed by atoms with van der Waals surface area (Å²) in [6.45, 7) is 1.85. The Kier molecular flexibility index (Phi) is 4.92. The normalized spacial score (nSPS) is 12.0. The summed E-state index contributed by atoms with van der Waals surface area (Å²) in [5.74, 6) is -0.317. The highest BCUT2D eigenvalue weighted by Crippen LogP contribution is 2.28. The molecule has 20 heavy (non-hydrogen) atoms. The monoisotopic (exact) mass is 327 g/mol. The minimum atomic E-state index is -0.317. The van der Waals surface area contributed by atoms with Gasteiger partial charge in [-0.2, -0.15) is 0 Å². The van der Waals surface area contributed by atoms with E-state index >= 15 is 0 Å². The fraction of sp³-hybridized carbons (Fsp3) is 0.133. The second-order valence-electron chi connectivity index (χ2n) is 4.28. The van der Waals surface area contributed by atoms with Gasteiger partial charge in [0.1, 0.15) is 0 Å². The van der Waals surface area contributed by atoms with Crippen LogP contribution in [0.3, 0.4) is 0 Å². The summed E-state index contributed by atoms with van der Waals surface area (Å²) in [4.78, 5) is 12.3. The Morgan fingerprint density at radius 2 is 1.85 bits per heavy atom. The topological polar surface area (TPSA) is 29.1 Å². The van der Waals surface area contributed by atoms with Crippen molar-refractivity contribution < 1.29 is 4.79 Å². The summed E-state index contributed by atoms with van der Waals surface area (Å²) in [5, 5.41) is 3.41. The van der Waals surface area contributed by atoms with Gasteiger partial charge in [0.15, 0.2) is 0 Å². The van der Waals surface area contributed by atoms with Gasteiger partial charge in [0.05, 0.1) is 16.0 Å². The van der Waals surface area contributed by atoms with Crippen LogP contribution in [0.1, 0.15) is 28.2 Å². The number of hydrogen-bond acceptors (Lipinski definition) is 1. The maximum absolute atomic E-state index is 12.3. The van der Waals surface area contributed by atoms with E-state index in [1.807, 2.05) is 25.1 Å². The van der Waals surface area contributed by atoms with Crippen LogP contribution < -0.4 is 5.32 Å². The van der Waals surface area contributed by atoms with Crippen molar-refractivity contribution in [3.8, 4) is 0 Å². The molecule has 0 bridgehead atoms. The number of nitrogens with one attached hydrogen (secondary N) is 1. The molecule has 1 N–H and O–H groups in total. The van der Waals surface area contributed by atoms with E-state index in [0.29, 0.717) is 21.3 Å². The van der Waals surface area contributed by atoms with Gasteiger partial charge in [-0.25, -0.2) is 0 Å². The molecule has 1 amide bonds. The molecule has 104 valence electrons. The van der Waals surface area contributed by atoms with Gasteiger partial charge in [0, 0.05) is 10.7 Å². The van der Waals surface area contributed by atoms with E-state index < -0.39 is 0 Å². The molecule has 0 radical (unpaired) electrons. The SMILES string of the molecule is CC(Cl)c1ccccc1NC(=O)c1cc(Cl)ccc1Cl. The predicted octanol–water partition coefficient (Wildman–Crippen LogP) is 5.55. The number of carbonyl (C=O) groups excluding carboxylic acids is 1. The molecule has 0 aromatic heterocycles. The third-order valence-corrected chi connectivity index (χ3v) is 3.61. The summed E-state index contributed by atoms with van der Waals surface area (Å²) in [7, 11) is 0. The lowest BCUT2D eigenvalue weighted by Crippen LogP contribution is -2.14. The van der Waals surface area contributed by atoms with Crippen molar-refractivity contribution >= 4 is 46.4 Å². The van der Waals surface area contributed by atoms with Crippen molar-refractivity contribution in [2.45, 2.75) is 12.3 Å². The maximum atomic E-state index is 12.3. The number of carbonyl (C=O) groups is 1. The zero-order chi connectivity index (χ0) is 14.7. The fourth-order valence-corrected chi connectivity index (χ4v) is 2.38. The Labute approximate surface area is 132 Å². The lowest BCUT2D eigenvalue weighted by molar-refractivity contribution is 0.102. The Hall–Kier alpha value is -1.22. The van der Waals surface area contributed by atoms with E-state index in [1.54, 1.807) is 18.2 Å². The average molecular weight is 329 g/mol. The summed E-state index contributed by atoms with van der Waals surface area (Å²) >= 11 is 18.0. The van der Waals surface area contributed by atoms with Gasteiger partial charge >= 0.3 is 0 Å². The molecule has 5 heteroatoms. The Balaban J connectivity index is 2.31. The highest BCUT2D eigenvalue weighted by Gasteiger charge is 2.14. The number of para-hydroxylation sites is 1. The zero-order valence-corrected chi connectivity index (χ0v) is 12.9. The van der Waals surface area contributed by atoms with Crippen LogP contribution >= 0.6 is 34.8 Å². The first-order chi connectivity index (χ1) is 9.49. The van der Waals surface area contributed by atoms with Crippen molar-refractivity contribution in [1.82, 2.24) is 0 Å². The Morgan fingerprint density at radius 3 is 2.55 bits per heavy atom. The smallest absolute Gasteiger partial charge is 0.257 e. The van der Waals surface area contributed by atoms with Gasteiger partial charge in [-0.1, -0.05) is 41.4 Å². The summed E-state index contributed by atoms with van der Waals surface area (Å²) < 4.78 is 0. The van der Waals surface area contributed by atoms with Crippen molar-refractivity contribution in [3.63, 3.8) is 0 Å². The van der Waals surface area contributed by atoms with Crippen LogP contribution in [-0.2, 0) is 0 Å². The van der Waals surface area contributed by atoms with Gasteiger partial charge in [-0.15, -0.1) is 11.6 Å². The van der Waals surface area contributed by atoms with Crippen LogP contribution in [0, 0.1) is 0 Å². The van der Waals surface area contributed by atoms with Crippen LogP contribution in [0.25, 0.3) is 0 Å². The van der Waals surface area contributed by atoms with Crippen LogP contribution in [0.2, 0.25) is 10.0 Å². The molecule has 0 heterocycles. The van der Waals surface area contributed by atoms with E-state index in [0.717, 1.165) is 5.56 Å². The Bertz CT molecular complexity index is 641. The summed E-state index contributed by atoms with van der Waals surface area (Å²) in [6.07, 6.45) is 0. The number of rotatable bonds is 3. The van der Waals surface area contributed by atoms with Crippen LogP contribution in [0.15, 0.2) is 42.5 Å². The van der Waals surface area contributed by atoms with Crippen LogP contribution in [0.4, 0.5) is 5.69 Å². The minimum Gasteiger partial charge on any atom is -0.322 e. The number of halogens is 3. The number of amides is 1. The van der Waals surface area contributed by atoms with E-state index in [2.05, 4.69) is 5.32 Å². The summed E-state index contributed by atoms with van der Waals surface area (Å²) in [5.41, 5.74) is 1.84. The molecule has 0 aliphatic heterocycles. The predicted molar refractivity (Wildman–Crippen MR) is 85.1 cm³/mol. The van der Waals surface area contributed by atoms with Gasteiger partial charge in [0.25, 0.3) is 5.91 Å². The van der Waals surface area contributed by atoms with Crippen molar-refractivity contribution in [2.75, 3.05) is 5.32 Å². The highest BCUT2D eigenvalue weighted by atomic mass is 35.5. The lowest BCUT2D eigenvalue weighted by atomic mass is 10.1. The Morgan fingerprint density at radius 1 is 1.15 bits per heavy atom. The molecule has 2 aromatic carbocycles. The summed E-state index contributed by atoms with van der Waals surface area (Å²) in [6, 6.07) is 12.1. The molecule has 1 unspecified atom stereocenters. The number of anilines is 1. The van der Waals surface area contributed by atoms with Gasteiger partial charge < -0.3 is 5.32 Å². The molecule has 0 fully saturated rings. The lowest BCUT2D eigenvalue weighted by Gasteiger charge is -2.13. The first-order valence-corrected chi connectivity index (χ1v) is 7.17. The third-order valence-electron chi connectivity index (χ3n) is 2.81. The first kappa shape index (κ1) is 15.2. The molecule has 0 saturated carbocycles. The highest BCUT2D eigenvalue weighted by molar-refractivity contribution is 6.36. The van der Waals surface area contributed by atoms with Crippen molar-refractivity contribution in [2.24, 2.45) is 0 Å². The molecule has 0 saturated heterocycles. The van der Waals surface area contributed by atoms with Crippen molar-refractivity contribution in [1.29, 1.82) is 0 Å². The molecule has 2 rings (SSSR count). The van der Waals surface area contributed by atoms with E-state index in [1.165, 1.54) is 6.07 Å². The standard InChI is InChI=1S/C15H12Cl3NO/c1-9(16)11-4-2-3-5-14(11)19-15(20)12-8-10(17)6-7-13(12)18/h2-9H,1H3,(H,19,20). The molecule has 2 nitrogen and oxygen atoms in total. The number of hydrogen-bond donors (Lipinski definition) is 1. The van der Waals surface area contributed by atoms with E-state index in [9.17, 15) is 4.79 Å². The second-order valence-corrected chi connectivity index (χ2v) is 5.78. The molecule has 0 spiro atoms. The van der Waals surface area contributed by atoms with Crippen molar-refractivity contribution in [3.05, 3.63) is 63.6 Å². The first-order valence-electron chi connectivity index (χ1n) is 5.98. The zero-order valence-electron chi connectivity index (χ0n) is 10.7. The van der Waals surface area contributed by atoms with E-state index in [4.69, 9.17) is 34.8 Å². The quantitative estimate of drug-likeness (QED) is 0.736. The third kappa shape index (κ3) is 3.45. The fourth-order valence-electron chi connectivity index (χ4n) is 1.82. The van der Waals surface area contributed by atoms with Crippen LogP contribution in [0.5, 0.6) is 0 Å². The number of alkyl halides is 1. The van der Waals surface area contributed by atoms with E-state index in [-0.39, 0.29) is 11.3 Å².